The van der Waals surface area contributed by atoms with Gasteiger partial charge >= 0.3 is 41.8 Å². The van der Waals surface area contributed by atoms with E-state index in [4.69, 9.17) is 29.5 Å². The maximum Gasteiger partial charge on any atom is 0.319 e. The molecule has 21 heteroatoms. The number of aliphatic carboxylic acids is 3. The molecule has 2 atom stereocenters. The van der Waals surface area contributed by atoms with Crippen molar-refractivity contribution in [2.75, 3.05) is 30.4 Å². The van der Waals surface area contributed by atoms with Gasteiger partial charge in [-0.25, -0.2) is 4.79 Å². The van der Waals surface area contributed by atoms with Crippen molar-refractivity contribution in [3.05, 3.63) is 225 Å². The van der Waals surface area contributed by atoms with Gasteiger partial charge in [-0.15, -0.1) is 0 Å². The molecule has 2 unspecified atom stereocenters. The average Bonchev–Trinajstić information content (AvgIpc) is 0.765. The number of nitrogens with one attached hydrogen (secondary N) is 3. The highest BCUT2D eigenvalue weighted by molar-refractivity contribution is 6.29. The van der Waals surface area contributed by atoms with Crippen LogP contribution in [0.2, 0.25) is 0 Å². The number of anilines is 2. The lowest BCUT2D eigenvalue weighted by Crippen LogP contribution is -2.34. The van der Waals surface area contributed by atoms with Crippen molar-refractivity contribution < 1.29 is 87.1 Å². The molecule has 0 saturated carbocycles. The molecule has 0 saturated heterocycles. The highest BCUT2D eigenvalue weighted by Gasteiger charge is 2.33. The number of carbonyl (C=O) groups is 12. The fourth-order valence-electron chi connectivity index (χ4n) is 9.34. The lowest BCUT2D eigenvalue weighted by Gasteiger charge is -2.20. The number of esters is 3. The van der Waals surface area contributed by atoms with Crippen LogP contribution in [0.15, 0.2) is 170 Å². The summed E-state index contributed by atoms with van der Waals surface area (Å²) >= 11 is 0. The molecule has 2 aliphatic carbocycles. The Morgan fingerprint density at radius 3 is 1.09 bits per heavy atom. The first-order valence-electron chi connectivity index (χ1n) is 38.4. The summed E-state index contributed by atoms with van der Waals surface area (Å²) in [4.78, 5) is 141. The Morgan fingerprint density at radius 1 is 0.381 bits per heavy atom. The number of hydrogen-bond donors (Lipinski definition) is 6. The average molecular weight is 1550 g/mol. The second kappa shape index (κ2) is 45.3. The number of benzene rings is 7. The van der Waals surface area contributed by atoms with Crippen LogP contribution in [0.3, 0.4) is 0 Å². The Balaban J connectivity index is 0.000000365. The first-order valence-corrected chi connectivity index (χ1v) is 38.4. The number of ether oxygens (including phenoxy) is 3. The van der Waals surface area contributed by atoms with Crippen molar-refractivity contribution in [1.82, 2.24) is 5.32 Å². The van der Waals surface area contributed by atoms with E-state index in [-0.39, 0.29) is 90.2 Å². The van der Waals surface area contributed by atoms with Crippen molar-refractivity contribution in [3.8, 4) is 11.1 Å². The second-order valence-electron chi connectivity index (χ2n) is 30.7. The van der Waals surface area contributed by atoms with Crippen LogP contribution < -0.4 is 16.0 Å². The van der Waals surface area contributed by atoms with Gasteiger partial charge in [0.15, 0.2) is 23.1 Å². The summed E-state index contributed by atoms with van der Waals surface area (Å²) in [5.74, 6) is -3.56. The number of carbonyl (C=O) groups excluding carboxylic acids is 9. The van der Waals surface area contributed by atoms with E-state index in [9.17, 15) is 57.5 Å². The highest BCUT2D eigenvalue weighted by Crippen LogP contribution is 2.33. The Kier molecular flexibility index (Phi) is 38.5. The molecule has 0 aromatic heterocycles. The number of carboxylic acids is 3. The zero-order valence-electron chi connectivity index (χ0n) is 69.3. The van der Waals surface area contributed by atoms with Gasteiger partial charge in [-0.1, -0.05) is 196 Å². The Labute approximate surface area is 666 Å². The SMILES string of the molecule is CCC(C)(C)C(=O)O.CCC(C)(C)C(=O)O.CCC(C)(C)C(=O)O.CCC(C)(C)C(=O)OCCC(=O)Nc1ccc2c(c1)C(=O)c1ccccc1C2=O.CCC(C)(C)C(=O)OCCNC(=O)Nc1ccc2c(c1)C(=O)c1ccccc1C2=O.CCC(C)C(=O)OCc1ccccc1.CCC(C)c1ccc(-c2ccccc2)cc1. The smallest absolute Gasteiger partial charge is 0.319 e. The van der Waals surface area contributed by atoms with Gasteiger partial charge in [0.25, 0.3) is 0 Å². The normalized spacial score (nSPS) is 12.3. The van der Waals surface area contributed by atoms with Crippen molar-refractivity contribution in [2.24, 2.45) is 33.0 Å². The molecule has 3 amide bonds. The summed E-state index contributed by atoms with van der Waals surface area (Å²) in [6.45, 7) is 35.8. The van der Waals surface area contributed by atoms with Gasteiger partial charge < -0.3 is 45.5 Å². The number of carboxylic acid groups (broad SMARTS) is 3. The molecule has 2 aliphatic rings. The minimum Gasteiger partial charge on any atom is -0.481 e. The second-order valence-corrected chi connectivity index (χ2v) is 30.7. The molecule has 0 fully saturated rings. The number of rotatable bonds is 25. The molecule has 6 N–H and O–H groups in total. The number of urea groups is 1. The molecule has 9 rings (SSSR count). The minimum atomic E-state index is -0.722. The third kappa shape index (κ3) is 29.8. The van der Waals surface area contributed by atoms with Crippen LogP contribution in [-0.4, -0.2) is 106 Å². The van der Waals surface area contributed by atoms with E-state index in [0.717, 1.165) is 12.0 Å². The van der Waals surface area contributed by atoms with E-state index in [1.54, 1.807) is 136 Å². The zero-order chi connectivity index (χ0) is 85.2. The molecule has 7 aromatic carbocycles. The van der Waals surface area contributed by atoms with Gasteiger partial charge in [-0.3, -0.25) is 52.7 Å². The molecule has 113 heavy (non-hydrogen) atoms. The first-order chi connectivity index (χ1) is 53.0. The maximum absolute atomic E-state index is 12.7. The third-order valence-electron chi connectivity index (χ3n) is 20.3. The quantitative estimate of drug-likeness (QED) is 0.0176. The molecular formula is C92H117N3O18. The van der Waals surface area contributed by atoms with Crippen molar-refractivity contribution >= 4 is 82.3 Å². The summed E-state index contributed by atoms with van der Waals surface area (Å²) in [5, 5.41) is 33.2. The molecular weight excluding hydrogens is 1440 g/mol. The molecule has 0 radical (unpaired) electrons. The van der Waals surface area contributed by atoms with Gasteiger partial charge in [-0.05, 0) is 179 Å². The molecule has 0 bridgehead atoms. The van der Waals surface area contributed by atoms with Crippen LogP contribution in [0.5, 0.6) is 0 Å². The molecule has 0 spiro atoms. The Bertz CT molecular complexity index is 4320. The van der Waals surface area contributed by atoms with E-state index in [1.807, 2.05) is 78.8 Å². The Morgan fingerprint density at radius 2 is 0.726 bits per heavy atom. The lowest BCUT2D eigenvalue weighted by molar-refractivity contribution is -0.155. The number of ketones is 4. The molecule has 0 heterocycles. The van der Waals surface area contributed by atoms with Crippen LogP contribution >= 0.6 is 0 Å². The predicted octanol–water partition coefficient (Wildman–Crippen LogP) is 19.5. The van der Waals surface area contributed by atoms with Crippen molar-refractivity contribution in [3.63, 3.8) is 0 Å². The third-order valence-corrected chi connectivity index (χ3v) is 20.3. The van der Waals surface area contributed by atoms with Crippen molar-refractivity contribution in [1.29, 1.82) is 0 Å². The molecule has 608 valence electrons. The Hall–Kier alpha value is -11.2. The summed E-state index contributed by atoms with van der Waals surface area (Å²) < 4.78 is 15.5. The van der Waals surface area contributed by atoms with E-state index >= 15 is 0 Å². The van der Waals surface area contributed by atoms with E-state index < -0.39 is 51.0 Å². The summed E-state index contributed by atoms with van der Waals surface area (Å²) in [6, 6.07) is 51.3. The molecule has 21 nitrogen and oxygen atoms in total. The molecule has 0 aliphatic heterocycles. The number of amides is 3. The van der Waals surface area contributed by atoms with Crippen LogP contribution in [0.25, 0.3) is 11.1 Å². The van der Waals surface area contributed by atoms with Crippen LogP contribution in [0, 0.1) is 33.0 Å². The lowest BCUT2D eigenvalue weighted by atomic mass is 9.84. The van der Waals surface area contributed by atoms with Gasteiger partial charge in [-0.2, -0.15) is 0 Å². The monoisotopic (exact) mass is 1550 g/mol. The minimum absolute atomic E-state index is 0.00119. The topological polar surface area (TPSA) is 329 Å². The highest BCUT2D eigenvalue weighted by atomic mass is 16.5. The van der Waals surface area contributed by atoms with Gasteiger partial charge in [0.2, 0.25) is 5.91 Å². The first kappa shape index (κ1) is 96.0. The van der Waals surface area contributed by atoms with Crippen LogP contribution in [0.1, 0.15) is 264 Å². The van der Waals surface area contributed by atoms with Gasteiger partial charge in [0, 0.05) is 55.9 Å². The predicted molar refractivity (Wildman–Crippen MR) is 441 cm³/mol. The van der Waals surface area contributed by atoms with Gasteiger partial charge in [0.05, 0.1) is 46.0 Å². The summed E-state index contributed by atoms with van der Waals surface area (Å²) in [7, 11) is 0. The van der Waals surface area contributed by atoms with Gasteiger partial charge in [0.1, 0.15) is 19.8 Å². The van der Waals surface area contributed by atoms with Crippen molar-refractivity contribution in [2.45, 2.75) is 195 Å². The van der Waals surface area contributed by atoms with Crippen LogP contribution in [-0.2, 0) is 54.4 Å². The largest absolute Gasteiger partial charge is 0.481 e. The van der Waals surface area contributed by atoms with E-state index in [0.29, 0.717) is 89.4 Å². The van der Waals surface area contributed by atoms with E-state index in [2.05, 4.69) is 84.4 Å². The number of fused-ring (bicyclic) bond motifs is 4. The summed E-state index contributed by atoms with van der Waals surface area (Å²) in [5.41, 5.74) is 5.72. The maximum atomic E-state index is 12.7. The zero-order valence-corrected chi connectivity index (χ0v) is 69.3. The molecule has 7 aromatic rings. The summed E-state index contributed by atoms with van der Waals surface area (Å²) in [6.07, 6.45) is 5.37. The van der Waals surface area contributed by atoms with E-state index in [1.165, 1.54) is 41.3 Å². The number of hydrogen-bond acceptors (Lipinski definition) is 15. The standard InChI is InChI=1S/C23H24N2O5.C23H23NO5.C16H18.C12H16O2.3C6H12O2/c1-4-23(2,3)21(28)30-12-11-24-22(29)25-14-9-10-17-18(13-14)20(27)16-8-6-5-7-15(16)19(17)26;1-4-23(2,3)22(28)29-12-11-19(25)24-14-9-10-17-18(13-14)21(27)16-8-6-5-7-15(16)20(17)26;1-3-13(2)14-9-11-16(12-10-14)15-7-5-4-6-8-15;1-3-10(2)12(13)14-9-11-7-5-4-6-8-11;3*1-4-6(2,3)5(7)8/h5-10,13H,4,11-12H2,1-3H3,(H2,24,25,29);5-10,13H,4,11-12H2,1-3H3,(H,24,25);4-13H,3H2,1-2H3;4-8,10H,3,9H2,1-2H3;3*4H2,1-3H3,(H,7,8). The fourth-order valence-corrected chi connectivity index (χ4v) is 9.34. The fraction of sp³-hybridized carbons (Fsp3) is 0.413. The van der Waals surface area contributed by atoms with Crippen LogP contribution in [0.4, 0.5) is 16.2 Å².